The highest BCUT2D eigenvalue weighted by Crippen LogP contribution is 2.21. The summed E-state index contributed by atoms with van der Waals surface area (Å²) in [6.45, 7) is 2.03. The summed E-state index contributed by atoms with van der Waals surface area (Å²) in [7, 11) is 1.59. The molecule has 2 aromatic rings. The molecule has 7 heteroatoms. The minimum atomic E-state index is -0.302. The van der Waals surface area contributed by atoms with Gasteiger partial charge in [-0.15, -0.1) is 0 Å². The van der Waals surface area contributed by atoms with Gasteiger partial charge in [-0.05, 0) is 42.8 Å². The maximum Gasteiger partial charge on any atom is 0.244 e. The van der Waals surface area contributed by atoms with Crippen LogP contribution in [0.3, 0.4) is 0 Å². The molecule has 0 saturated heterocycles. The third-order valence-electron chi connectivity index (χ3n) is 3.56. The molecule has 0 saturated carbocycles. The quantitative estimate of drug-likeness (QED) is 0.739. The van der Waals surface area contributed by atoms with E-state index >= 15 is 0 Å². The largest absolute Gasteiger partial charge is 0.376 e. The first-order valence-corrected chi connectivity index (χ1v) is 8.82. The molecule has 2 amide bonds. The zero-order chi connectivity index (χ0) is 18.4. The number of para-hydroxylation sites is 1. The summed E-state index contributed by atoms with van der Waals surface area (Å²) in [5.41, 5.74) is 2.45. The molecular formula is C18H19BrClN3O2. The molecule has 0 aliphatic carbocycles. The van der Waals surface area contributed by atoms with Gasteiger partial charge in [-0.1, -0.05) is 39.7 Å². The molecule has 0 radical (unpaired) electrons. The van der Waals surface area contributed by atoms with Gasteiger partial charge in [0.25, 0.3) is 0 Å². The van der Waals surface area contributed by atoms with Crippen LogP contribution in [-0.4, -0.2) is 36.9 Å². The van der Waals surface area contributed by atoms with Crippen LogP contribution < -0.4 is 10.6 Å². The van der Waals surface area contributed by atoms with Crippen molar-refractivity contribution in [2.24, 2.45) is 0 Å². The zero-order valence-electron chi connectivity index (χ0n) is 14.0. The lowest BCUT2D eigenvalue weighted by atomic mass is 10.2. The van der Waals surface area contributed by atoms with Crippen molar-refractivity contribution in [3.8, 4) is 0 Å². The van der Waals surface area contributed by atoms with Gasteiger partial charge in [-0.2, -0.15) is 0 Å². The van der Waals surface area contributed by atoms with Crippen LogP contribution in [0.1, 0.15) is 5.56 Å². The van der Waals surface area contributed by atoms with Crippen molar-refractivity contribution in [1.82, 2.24) is 4.90 Å². The number of likely N-dealkylation sites (N-methyl/N-ethyl adjacent to an activating group) is 1. The van der Waals surface area contributed by atoms with E-state index < -0.39 is 0 Å². The Morgan fingerprint density at radius 1 is 1.20 bits per heavy atom. The van der Waals surface area contributed by atoms with Crippen molar-refractivity contribution < 1.29 is 9.59 Å². The summed E-state index contributed by atoms with van der Waals surface area (Å²) < 4.78 is 1.01. The standard InChI is InChI=1S/C18H19BrClN3O2/c1-12-9-13(7-8-14(12)19)21-10-18(25)23(2)11-17(24)22-16-6-4-3-5-15(16)20/h3-9,21H,10-11H2,1-2H3,(H,22,24). The van der Waals surface area contributed by atoms with Crippen LogP contribution in [0.2, 0.25) is 5.02 Å². The number of hydrogen-bond donors (Lipinski definition) is 2. The number of benzene rings is 2. The summed E-state index contributed by atoms with van der Waals surface area (Å²) >= 11 is 9.44. The molecule has 0 bridgehead atoms. The van der Waals surface area contributed by atoms with Crippen LogP contribution in [0.25, 0.3) is 0 Å². The average molecular weight is 425 g/mol. The first kappa shape index (κ1) is 19.3. The Morgan fingerprint density at radius 2 is 1.92 bits per heavy atom. The molecule has 5 nitrogen and oxygen atoms in total. The molecule has 0 aromatic heterocycles. The van der Waals surface area contributed by atoms with E-state index in [-0.39, 0.29) is 24.9 Å². The number of hydrogen-bond acceptors (Lipinski definition) is 3. The van der Waals surface area contributed by atoms with Gasteiger partial charge in [-0.25, -0.2) is 0 Å². The SMILES string of the molecule is Cc1cc(NCC(=O)N(C)CC(=O)Nc2ccccc2Cl)ccc1Br. The van der Waals surface area contributed by atoms with Crippen molar-refractivity contribution in [3.05, 3.63) is 57.5 Å². The zero-order valence-corrected chi connectivity index (χ0v) is 16.3. The number of amides is 2. The number of aryl methyl sites for hydroxylation is 1. The number of nitrogens with one attached hydrogen (secondary N) is 2. The molecule has 0 unspecified atom stereocenters. The van der Waals surface area contributed by atoms with Gasteiger partial charge in [-0.3, -0.25) is 9.59 Å². The second-order valence-electron chi connectivity index (χ2n) is 5.60. The molecule has 2 aromatic carbocycles. The lowest BCUT2D eigenvalue weighted by Gasteiger charge is -2.18. The third kappa shape index (κ3) is 5.76. The number of rotatable bonds is 6. The molecule has 0 heterocycles. The minimum Gasteiger partial charge on any atom is -0.376 e. The van der Waals surface area contributed by atoms with Gasteiger partial charge in [0.1, 0.15) is 0 Å². The predicted molar refractivity (Wildman–Crippen MR) is 105 cm³/mol. The number of carbonyl (C=O) groups excluding carboxylic acids is 2. The van der Waals surface area contributed by atoms with E-state index in [1.165, 1.54) is 4.90 Å². The highest BCUT2D eigenvalue weighted by atomic mass is 79.9. The molecule has 2 rings (SSSR count). The maximum absolute atomic E-state index is 12.2. The van der Waals surface area contributed by atoms with Gasteiger partial charge in [0, 0.05) is 17.2 Å². The molecular weight excluding hydrogens is 406 g/mol. The summed E-state index contributed by atoms with van der Waals surface area (Å²) in [4.78, 5) is 25.6. The van der Waals surface area contributed by atoms with E-state index in [9.17, 15) is 9.59 Å². The topological polar surface area (TPSA) is 61.4 Å². The Balaban J connectivity index is 1.84. The van der Waals surface area contributed by atoms with Crippen molar-refractivity contribution in [2.75, 3.05) is 30.8 Å². The lowest BCUT2D eigenvalue weighted by Crippen LogP contribution is -2.38. The van der Waals surface area contributed by atoms with E-state index in [0.717, 1.165) is 15.7 Å². The van der Waals surface area contributed by atoms with Gasteiger partial charge in [0.05, 0.1) is 23.8 Å². The van der Waals surface area contributed by atoms with Crippen molar-refractivity contribution in [1.29, 1.82) is 0 Å². The normalized spacial score (nSPS) is 10.2. The summed E-state index contributed by atoms with van der Waals surface area (Å²) in [6.07, 6.45) is 0. The molecule has 132 valence electrons. The first-order chi connectivity index (χ1) is 11.9. The van der Waals surface area contributed by atoms with Crippen LogP contribution in [0, 0.1) is 6.92 Å². The van der Waals surface area contributed by atoms with E-state index in [4.69, 9.17) is 11.6 Å². The number of carbonyl (C=O) groups is 2. The molecule has 25 heavy (non-hydrogen) atoms. The van der Waals surface area contributed by atoms with E-state index in [1.54, 1.807) is 31.3 Å². The summed E-state index contributed by atoms with van der Waals surface area (Å²) in [5.74, 6) is -0.488. The second-order valence-corrected chi connectivity index (χ2v) is 6.86. The number of nitrogens with zero attached hydrogens (tertiary/aromatic N) is 1. The van der Waals surface area contributed by atoms with Gasteiger partial charge >= 0.3 is 0 Å². The molecule has 0 fully saturated rings. The maximum atomic E-state index is 12.2. The lowest BCUT2D eigenvalue weighted by molar-refractivity contribution is -0.131. The van der Waals surface area contributed by atoms with Gasteiger partial charge in [0.2, 0.25) is 11.8 Å². The van der Waals surface area contributed by atoms with Gasteiger partial charge < -0.3 is 15.5 Å². The van der Waals surface area contributed by atoms with Crippen molar-refractivity contribution in [2.45, 2.75) is 6.92 Å². The monoisotopic (exact) mass is 423 g/mol. The van der Waals surface area contributed by atoms with Crippen LogP contribution in [-0.2, 0) is 9.59 Å². The van der Waals surface area contributed by atoms with E-state index in [0.29, 0.717) is 10.7 Å². The molecule has 0 aliphatic rings. The fraction of sp³-hybridized carbons (Fsp3) is 0.222. The van der Waals surface area contributed by atoms with Crippen LogP contribution in [0.4, 0.5) is 11.4 Å². The Hall–Kier alpha value is -2.05. The molecule has 2 N–H and O–H groups in total. The Labute approximate surface area is 160 Å². The van der Waals surface area contributed by atoms with E-state index in [1.807, 2.05) is 25.1 Å². The molecule has 0 atom stereocenters. The highest BCUT2D eigenvalue weighted by Gasteiger charge is 2.13. The Kier molecular flexibility index (Phi) is 6.84. The fourth-order valence-corrected chi connectivity index (χ4v) is 2.55. The first-order valence-electron chi connectivity index (χ1n) is 7.65. The summed E-state index contributed by atoms with van der Waals surface area (Å²) in [5, 5.41) is 6.21. The summed E-state index contributed by atoms with van der Waals surface area (Å²) in [6, 6.07) is 12.7. The van der Waals surface area contributed by atoms with E-state index in [2.05, 4.69) is 26.6 Å². The Morgan fingerprint density at radius 3 is 2.60 bits per heavy atom. The second kappa shape index (κ2) is 8.87. The average Bonchev–Trinajstić information content (AvgIpc) is 2.57. The fourth-order valence-electron chi connectivity index (χ4n) is 2.12. The van der Waals surface area contributed by atoms with Crippen LogP contribution in [0.15, 0.2) is 46.9 Å². The van der Waals surface area contributed by atoms with Crippen LogP contribution >= 0.6 is 27.5 Å². The highest BCUT2D eigenvalue weighted by molar-refractivity contribution is 9.10. The van der Waals surface area contributed by atoms with Gasteiger partial charge in [0.15, 0.2) is 0 Å². The predicted octanol–water partition coefficient (Wildman–Crippen LogP) is 3.92. The van der Waals surface area contributed by atoms with Crippen LogP contribution in [0.5, 0.6) is 0 Å². The molecule has 0 spiro atoms. The molecule has 0 aliphatic heterocycles. The Bertz CT molecular complexity index is 783. The number of halogens is 2. The third-order valence-corrected chi connectivity index (χ3v) is 4.78. The van der Waals surface area contributed by atoms with Crippen molar-refractivity contribution >= 4 is 50.7 Å². The van der Waals surface area contributed by atoms with Crippen molar-refractivity contribution in [3.63, 3.8) is 0 Å². The smallest absolute Gasteiger partial charge is 0.244 e. The minimum absolute atomic E-state index is 0.0505. The number of anilines is 2.